The van der Waals surface area contributed by atoms with Crippen LogP contribution in [0.3, 0.4) is 0 Å². The lowest BCUT2D eigenvalue weighted by Gasteiger charge is -2.09. The largest absolute Gasteiger partial charge is 0.399 e. The first-order chi connectivity index (χ1) is 19.3. The fraction of sp³-hybridized carbons (Fsp3) is 0.267. The van der Waals surface area contributed by atoms with Gasteiger partial charge in [0.1, 0.15) is 0 Å². The van der Waals surface area contributed by atoms with Crippen LogP contribution >= 0.6 is 0 Å². The standard InChI is InChI=1S/C30H36N6O4/c31-25-9-5-23(6-10-25)19-35-29(39)15-13-27(37)33-17-21-1-2-22(4-3-21)18-34-28(38)14-16-30(40)36-20-24-7-11-26(32)12-8-24/h1-12H,13-20,31-32H2,(H,33,37)(H,34,38)(H,35,39)(H,36,40). The number of amides is 4. The van der Waals surface area contributed by atoms with Crippen LogP contribution in [0, 0.1) is 0 Å². The molecular formula is C30H36N6O4. The molecule has 8 N–H and O–H groups in total. The molecule has 10 heteroatoms. The van der Waals surface area contributed by atoms with Gasteiger partial charge in [-0.15, -0.1) is 0 Å². The summed E-state index contributed by atoms with van der Waals surface area (Å²) in [6.45, 7) is 1.44. The van der Waals surface area contributed by atoms with Gasteiger partial charge in [0.15, 0.2) is 0 Å². The number of carbonyl (C=O) groups is 4. The van der Waals surface area contributed by atoms with Gasteiger partial charge in [-0.1, -0.05) is 48.5 Å². The molecule has 3 rings (SSSR count). The summed E-state index contributed by atoms with van der Waals surface area (Å²) >= 11 is 0. The first-order valence-corrected chi connectivity index (χ1v) is 13.1. The molecule has 0 fully saturated rings. The first-order valence-electron chi connectivity index (χ1n) is 13.1. The van der Waals surface area contributed by atoms with Crippen LogP contribution in [-0.4, -0.2) is 23.6 Å². The van der Waals surface area contributed by atoms with E-state index in [-0.39, 0.29) is 49.3 Å². The van der Waals surface area contributed by atoms with Crippen molar-refractivity contribution >= 4 is 35.0 Å². The van der Waals surface area contributed by atoms with Crippen LogP contribution in [0.5, 0.6) is 0 Å². The Kier molecular flexibility index (Phi) is 11.5. The molecule has 0 atom stereocenters. The summed E-state index contributed by atoms with van der Waals surface area (Å²) in [5.41, 5.74) is 16.3. The number of benzene rings is 3. The fourth-order valence-corrected chi connectivity index (χ4v) is 3.66. The summed E-state index contributed by atoms with van der Waals surface area (Å²) in [6.07, 6.45) is 0.390. The molecule has 0 unspecified atom stereocenters. The molecule has 0 saturated carbocycles. The minimum absolute atomic E-state index is 0.0943. The highest BCUT2D eigenvalue weighted by Crippen LogP contribution is 2.07. The Labute approximate surface area is 233 Å². The Morgan fingerprint density at radius 1 is 0.400 bits per heavy atom. The fourth-order valence-electron chi connectivity index (χ4n) is 3.66. The van der Waals surface area contributed by atoms with E-state index < -0.39 is 0 Å². The molecule has 0 aliphatic rings. The van der Waals surface area contributed by atoms with Crippen molar-refractivity contribution in [1.82, 2.24) is 21.3 Å². The Morgan fingerprint density at radius 3 is 0.825 bits per heavy atom. The zero-order valence-electron chi connectivity index (χ0n) is 22.4. The summed E-state index contributed by atoms with van der Waals surface area (Å²) in [5.74, 6) is -0.817. The molecule has 10 nitrogen and oxygen atoms in total. The number of hydrogen-bond acceptors (Lipinski definition) is 6. The molecule has 4 amide bonds. The summed E-state index contributed by atoms with van der Waals surface area (Å²) < 4.78 is 0. The van der Waals surface area contributed by atoms with Crippen molar-refractivity contribution in [2.24, 2.45) is 0 Å². The summed E-state index contributed by atoms with van der Waals surface area (Å²) in [7, 11) is 0. The lowest BCUT2D eigenvalue weighted by molar-refractivity contribution is -0.126. The summed E-state index contributed by atoms with van der Waals surface area (Å²) in [4.78, 5) is 48.3. The quantitative estimate of drug-likeness (QED) is 0.170. The van der Waals surface area contributed by atoms with Gasteiger partial charge in [-0.25, -0.2) is 0 Å². The third kappa shape index (κ3) is 11.3. The zero-order chi connectivity index (χ0) is 28.7. The van der Waals surface area contributed by atoms with Gasteiger partial charge in [-0.3, -0.25) is 19.2 Å². The number of rotatable bonds is 14. The highest BCUT2D eigenvalue weighted by atomic mass is 16.2. The second-order valence-electron chi connectivity index (χ2n) is 9.41. The predicted octanol–water partition coefficient (Wildman–Crippen LogP) is 2.28. The van der Waals surface area contributed by atoms with Crippen LogP contribution in [0.15, 0.2) is 72.8 Å². The van der Waals surface area contributed by atoms with E-state index in [1.54, 1.807) is 24.3 Å². The van der Waals surface area contributed by atoms with Crippen LogP contribution < -0.4 is 32.7 Å². The van der Waals surface area contributed by atoms with Crippen LogP contribution in [0.4, 0.5) is 11.4 Å². The third-order valence-corrected chi connectivity index (χ3v) is 6.10. The third-order valence-electron chi connectivity index (χ3n) is 6.10. The second kappa shape index (κ2) is 15.5. The van der Waals surface area contributed by atoms with Gasteiger partial charge in [0.25, 0.3) is 0 Å². The molecule has 0 aliphatic heterocycles. The molecule has 40 heavy (non-hydrogen) atoms. The number of nitrogen functional groups attached to an aromatic ring is 2. The van der Waals surface area contributed by atoms with E-state index in [0.29, 0.717) is 37.6 Å². The van der Waals surface area contributed by atoms with Crippen molar-refractivity contribution in [1.29, 1.82) is 0 Å². The van der Waals surface area contributed by atoms with Gasteiger partial charge in [0.2, 0.25) is 23.6 Å². The topological polar surface area (TPSA) is 168 Å². The first kappa shape index (κ1) is 29.7. The van der Waals surface area contributed by atoms with Gasteiger partial charge in [0, 0.05) is 63.2 Å². The van der Waals surface area contributed by atoms with Gasteiger partial charge >= 0.3 is 0 Å². The number of carbonyl (C=O) groups excluding carboxylic acids is 4. The molecule has 0 aromatic heterocycles. The highest BCUT2D eigenvalue weighted by molar-refractivity contribution is 5.84. The smallest absolute Gasteiger partial charge is 0.220 e. The molecule has 0 radical (unpaired) electrons. The summed E-state index contributed by atoms with van der Waals surface area (Å²) in [5, 5.41) is 11.2. The average Bonchev–Trinajstić information content (AvgIpc) is 2.96. The average molecular weight is 545 g/mol. The second-order valence-corrected chi connectivity index (χ2v) is 9.41. The van der Waals surface area contributed by atoms with E-state index >= 15 is 0 Å². The Bertz CT molecular complexity index is 1170. The minimum atomic E-state index is -0.212. The van der Waals surface area contributed by atoms with E-state index in [4.69, 9.17) is 11.5 Å². The van der Waals surface area contributed by atoms with E-state index in [9.17, 15) is 19.2 Å². The number of nitrogens with one attached hydrogen (secondary N) is 4. The predicted molar refractivity (Wildman–Crippen MR) is 154 cm³/mol. The van der Waals surface area contributed by atoms with Crippen LogP contribution in [-0.2, 0) is 45.4 Å². The van der Waals surface area contributed by atoms with E-state index in [2.05, 4.69) is 21.3 Å². The molecule has 3 aromatic rings. The van der Waals surface area contributed by atoms with Crippen molar-refractivity contribution in [3.63, 3.8) is 0 Å². The Hall–Kier alpha value is -4.86. The lowest BCUT2D eigenvalue weighted by Crippen LogP contribution is -2.27. The SMILES string of the molecule is Nc1ccc(CNC(=O)CCC(=O)NCc2ccc(CNC(=O)CCC(=O)NCc3ccc(N)cc3)cc2)cc1. The summed E-state index contributed by atoms with van der Waals surface area (Å²) in [6, 6.07) is 21.9. The van der Waals surface area contributed by atoms with Crippen LogP contribution in [0.25, 0.3) is 0 Å². The highest BCUT2D eigenvalue weighted by Gasteiger charge is 2.09. The van der Waals surface area contributed by atoms with Crippen LogP contribution in [0.1, 0.15) is 47.9 Å². The number of nitrogens with two attached hydrogens (primary N) is 2. The molecule has 0 bridgehead atoms. The number of anilines is 2. The number of hydrogen-bond donors (Lipinski definition) is 6. The normalized spacial score (nSPS) is 10.4. The molecule has 0 spiro atoms. The maximum Gasteiger partial charge on any atom is 0.220 e. The molecule has 3 aromatic carbocycles. The zero-order valence-corrected chi connectivity index (χ0v) is 22.4. The van der Waals surface area contributed by atoms with E-state index in [1.807, 2.05) is 48.5 Å². The molecular weight excluding hydrogens is 508 g/mol. The lowest BCUT2D eigenvalue weighted by atomic mass is 10.1. The molecule has 210 valence electrons. The minimum Gasteiger partial charge on any atom is -0.399 e. The van der Waals surface area contributed by atoms with E-state index in [1.165, 1.54) is 0 Å². The van der Waals surface area contributed by atoms with Crippen molar-refractivity contribution in [2.45, 2.75) is 51.9 Å². The monoisotopic (exact) mass is 544 g/mol. The van der Waals surface area contributed by atoms with Crippen molar-refractivity contribution < 1.29 is 19.2 Å². The van der Waals surface area contributed by atoms with Crippen molar-refractivity contribution in [3.05, 3.63) is 95.1 Å². The van der Waals surface area contributed by atoms with Gasteiger partial charge in [0.05, 0.1) is 0 Å². The molecule has 0 aliphatic carbocycles. The van der Waals surface area contributed by atoms with Crippen molar-refractivity contribution in [3.8, 4) is 0 Å². The van der Waals surface area contributed by atoms with Crippen LogP contribution in [0.2, 0.25) is 0 Å². The molecule has 0 saturated heterocycles. The van der Waals surface area contributed by atoms with Gasteiger partial charge in [-0.2, -0.15) is 0 Å². The molecule has 0 heterocycles. The van der Waals surface area contributed by atoms with E-state index in [0.717, 1.165) is 22.3 Å². The van der Waals surface area contributed by atoms with Gasteiger partial charge in [-0.05, 0) is 46.5 Å². The Morgan fingerprint density at radius 2 is 0.600 bits per heavy atom. The van der Waals surface area contributed by atoms with Crippen molar-refractivity contribution in [2.75, 3.05) is 11.5 Å². The maximum atomic E-state index is 12.1. The maximum absolute atomic E-state index is 12.1. The Balaban J connectivity index is 1.26. The van der Waals surface area contributed by atoms with Gasteiger partial charge < -0.3 is 32.7 Å².